The maximum atomic E-state index is 4.58. The first-order valence-corrected chi connectivity index (χ1v) is 10.8. The Morgan fingerprint density at radius 2 is 0.514 bits per heavy atom. The second kappa shape index (κ2) is 11.4. The van der Waals surface area contributed by atoms with Crippen LogP contribution in [0.25, 0.3) is 43.6 Å². The predicted molar refractivity (Wildman–Crippen MR) is 151 cm³/mol. The second-order valence-corrected chi connectivity index (χ2v) is 8.23. The van der Waals surface area contributed by atoms with E-state index in [9.17, 15) is 0 Å². The zero-order valence-electron chi connectivity index (χ0n) is 20.0. The van der Waals surface area contributed by atoms with Crippen molar-refractivity contribution in [3.05, 3.63) is 95.6 Å². The van der Waals surface area contributed by atoms with E-state index in [2.05, 4.69) is 68.5 Å². The van der Waals surface area contributed by atoms with Crippen LogP contribution in [-0.2, 0) is 0 Å². The number of aryl methyl sites for hydroxylation is 4. The SMILES string of the molecule is Cc1ccc2ccc3ccc(C)nc3c2n1.Cc1ccc2ccc3ccc(C)nc3c2n1.Cl.Cl.O. The molecule has 0 unspecified atom stereocenters. The van der Waals surface area contributed by atoms with Crippen molar-refractivity contribution < 1.29 is 5.48 Å². The van der Waals surface area contributed by atoms with Gasteiger partial charge in [-0.15, -0.1) is 24.8 Å². The third-order valence-electron chi connectivity index (χ3n) is 5.60. The molecule has 4 heterocycles. The molecule has 0 aliphatic carbocycles. The molecule has 0 fully saturated rings. The molecule has 0 spiro atoms. The first kappa shape index (κ1) is 27.9. The summed E-state index contributed by atoms with van der Waals surface area (Å²) < 4.78 is 0. The smallest absolute Gasteiger partial charge is 0.0967 e. The van der Waals surface area contributed by atoms with Crippen molar-refractivity contribution in [2.45, 2.75) is 27.7 Å². The van der Waals surface area contributed by atoms with Crippen LogP contribution >= 0.6 is 24.8 Å². The summed E-state index contributed by atoms with van der Waals surface area (Å²) in [4.78, 5) is 18.3. The number of hydrogen-bond donors (Lipinski definition) is 0. The Morgan fingerprint density at radius 1 is 0.343 bits per heavy atom. The molecule has 6 rings (SSSR count). The van der Waals surface area contributed by atoms with Gasteiger partial charge >= 0.3 is 0 Å². The van der Waals surface area contributed by atoms with E-state index in [0.717, 1.165) is 66.4 Å². The minimum absolute atomic E-state index is 0. The molecule has 0 saturated heterocycles. The number of aromatic nitrogens is 4. The van der Waals surface area contributed by atoms with Crippen LogP contribution in [-0.4, -0.2) is 25.4 Å². The summed E-state index contributed by atoms with van der Waals surface area (Å²) in [6, 6.07) is 24.9. The molecular weight excluding hydrogens is 479 g/mol. The van der Waals surface area contributed by atoms with Crippen molar-refractivity contribution >= 4 is 68.4 Å². The highest BCUT2D eigenvalue weighted by Crippen LogP contribution is 2.23. The van der Waals surface area contributed by atoms with E-state index < -0.39 is 0 Å². The van der Waals surface area contributed by atoms with Crippen molar-refractivity contribution in [3.8, 4) is 0 Å². The van der Waals surface area contributed by atoms with Crippen molar-refractivity contribution in [3.63, 3.8) is 0 Å². The Bertz CT molecular complexity index is 1390. The van der Waals surface area contributed by atoms with Gasteiger partial charge in [0.05, 0.1) is 22.1 Å². The molecule has 0 amide bonds. The summed E-state index contributed by atoms with van der Waals surface area (Å²) >= 11 is 0. The summed E-state index contributed by atoms with van der Waals surface area (Å²) in [5, 5.41) is 4.60. The number of halogens is 2. The van der Waals surface area contributed by atoms with Crippen LogP contribution in [0.15, 0.2) is 72.8 Å². The zero-order chi connectivity index (χ0) is 22.2. The predicted octanol–water partition coefficient (Wildman–Crippen LogP) is 6.82. The van der Waals surface area contributed by atoms with Gasteiger partial charge in [-0.1, -0.05) is 48.5 Å². The topological polar surface area (TPSA) is 83.1 Å². The van der Waals surface area contributed by atoms with E-state index in [1.165, 1.54) is 0 Å². The van der Waals surface area contributed by atoms with E-state index in [-0.39, 0.29) is 30.3 Å². The van der Waals surface area contributed by atoms with Crippen LogP contribution in [0.3, 0.4) is 0 Å². The van der Waals surface area contributed by atoms with Gasteiger partial charge in [-0.05, 0) is 52.0 Å². The third-order valence-corrected chi connectivity index (χ3v) is 5.60. The Hall–Kier alpha value is -3.38. The van der Waals surface area contributed by atoms with Crippen LogP contribution in [0, 0.1) is 27.7 Å². The normalized spacial score (nSPS) is 10.2. The Labute approximate surface area is 216 Å². The summed E-state index contributed by atoms with van der Waals surface area (Å²) in [5.41, 5.74) is 8.13. The number of pyridine rings is 4. The maximum Gasteiger partial charge on any atom is 0.0967 e. The van der Waals surface area contributed by atoms with E-state index in [1.54, 1.807) is 0 Å². The minimum Gasteiger partial charge on any atom is -0.412 e. The first-order valence-electron chi connectivity index (χ1n) is 10.8. The zero-order valence-corrected chi connectivity index (χ0v) is 21.7. The van der Waals surface area contributed by atoms with E-state index >= 15 is 0 Å². The molecule has 35 heavy (non-hydrogen) atoms. The number of hydrogen-bond acceptors (Lipinski definition) is 4. The molecule has 0 atom stereocenters. The molecule has 0 aliphatic heterocycles. The van der Waals surface area contributed by atoms with Crippen LogP contribution in [0.1, 0.15) is 22.8 Å². The van der Waals surface area contributed by atoms with Gasteiger partial charge in [0.2, 0.25) is 0 Å². The molecule has 0 aliphatic rings. The molecule has 0 bridgehead atoms. The highest BCUT2D eigenvalue weighted by molar-refractivity contribution is 6.03. The Morgan fingerprint density at radius 3 is 0.714 bits per heavy atom. The number of rotatable bonds is 0. The molecular formula is C28H28Cl2N4O. The average Bonchev–Trinajstić information content (AvgIpc) is 2.79. The quantitative estimate of drug-likeness (QED) is 0.211. The van der Waals surface area contributed by atoms with E-state index in [4.69, 9.17) is 0 Å². The molecule has 2 aromatic carbocycles. The van der Waals surface area contributed by atoms with E-state index in [1.807, 2.05) is 52.0 Å². The number of nitrogens with zero attached hydrogens (tertiary/aromatic N) is 4. The molecule has 4 aromatic heterocycles. The molecule has 6 aromatic rings. The lowest BCUT2D eigenvalue weighted by atomic mass is 10.1. The van der Waals surface area contributed by atoms with Gasteiger partial charge in [0.1, 0.15) is 0 Å². The van der Waals surface area contributed by atoms with Crippen LogP contribution in [0.2, 0.25) is 0 Å². The van der Waals surface area contributed by atoms with Crippen LogP contribution < -0.4 is 0 Å². The molecule has 5 nitrogen and oxygen atoms in total. The highest BCUT2D eigenvalue weighted by Gasteiger charge is 2.04. The highest BCUT2D eigenvalue weighted by atomic mass is 35.5. The Kier molecular flexibility index (Phi) is 9.05. The van der Waals surface area contributed by atoms with Crippen molar-refractivity contribution in [2.24, 2.45) is 0 Å². The lowest BCUT2D eigenvalue weighted by Gasteiger charge is -2.04. The minimum atomic E-state index is 0. The van der Waals surface area contributed by atoms with Gasteiger partial charge in [-0.3, -0.25) is 19.9 Å². The van der Waals surface area contributed by atoms with Crippen molar-refractivity contribution in [2.75, 3.05) is 0 Å². The van der Waals surface area contributed by atoms with E-state index in [0.29, 0.717) is 0 Å². The van der Waals surface area contributed by atoms with Gasteiger partial charge in [-0.25, -0.2) is 0 Å². The van der Waals surface area contributed by atoms with Gasteiger partial charge in [0, 0.05) is 44.3 Å². The maximum absolute atomic E-state index is 4.58. The summed E-state index contributed by atoms with van der Waals surface area (Å²) in [5.74, 6) is 0. The fourth-order valence-corrected chi connectivity index (χ4v) is 3.93. The molecule has 180 valence electrons. The fraction of sp³-hybridized carbons (Fsp3) is 0.143. The van der Waals surface area contributed by atoms with Gasteiger partial charge in [0.25, 0.3) is 0 Å². The average molecular weight is 507 g/mol. The molecule has 0 saturated carbocycles. The van der Waals surface area contributed by atoms with Crippen molar-refractivity contribution in [1.82, 2.24) is 19.9 Å². The fourth-order valence-electron chi connectivity index (χ4n) is 3.93. The monoisotopic (exact) mass is 506 g/mol. The summed E-state index contributed by atoms with van der Waals surface area (Å²) in [6.45, 7) is 8.03. The number of benzene rings is 2. The molecule has 0 radical (unpaired) electrons. The lowest BCUT2D eigenvalue weighted by molar-refractivity contribution is 0.824. The van der Waals surface area contributed by atoms with Crippen molar-refractivity contribution in [1.29, 1.82) is 0 Å². The standard InChI is InChI=1S/2C14H12N2.2ClH.H2O/c2*1-9-3-5-11-7-8-12-6-4-10(2)16-14(12)13(11)15-9;;;/h2*3-8H,1-2H3;2*1H;1H2. The van der Waals surface area contributed by atoms with Gasteiger partial charge in [-0.2, -0.15) is 0 Å². The van der Waals surface area contributed by atoms with Gasteiger partial charge in [0.15, 0.2) is 0 Å². The largest absolute Gasteiger partial charge is 0.412 e. The molecule has 2 N–H and O–H groups in total. The summed E-state index contributed by atoms with van der Waals surface area (Å²) in [7, 11) is 0. The number of fused-ring (bicyclic) bond motifs is 6. The lowest BCUT2D eigenvalue weighted by Crippen LogP contribution is -1.89. The first-order chi connectivity index (χ1) is 15.5. The third kappa shape index (κ3) is 5.65. The molecule has 7 heteroatoms. The van der Waals surface area contributed by atoms with Crippen LogP contribution in [0.5, 0.6) is 0 Å². The Balaban J connectivity index is 0.000000227. The summed E-state index contributed by atoms with van der Waals surface area (Å²) in [6.07, 6.45) is 0. The second-order valence-electron chi connectivity index (χ2n) is 8.23. The van der Waals surface area contributed by atoms with Crippen LogP contribution in [0.4, 0.5) is 0 Å². The van der Waals surface area contributed by atoms with Gasteiger partial charge < -0.3 is 5.48 Å².